The number of non-ortho nitro benzene ring substituents is 1. The molecule has 0 amide bonds. The van der Waals surface area contributed by atoms with E-state index >= 15 is 0 Å². The van der Waals surface area contributed by atoms with Crippen LogP contribution in [0, 0.1) is 16.0 Å². The molecule has 1 fully saturated rings. The Labute approximate surface area is 175 Å². The summed E-state index contributed by atoms with van der Waals surface area (Å²) in [6.45, 7) is 3.18. The minimum atomic E-state index is -0.426. The standard InChI is InChI=1S/C20H25N3O5.ClH/c1-27-20-8-15(9-21-10-16-11-22-12-18(16)24)4-7-19(20)28-13-14-2-5-17(6-3-14)23(25)26;/h2-8,16,18,21-22,24H,9-13H2,1H3;1H. The van der Waals surface area contributed by atoms with Crippen molar-refractivity contribution < 1.29 is 19.5 Å². The summed E-state index contributed by atoms with van der Waals surface area (Å²) in [4.78, 5) is 10.3. The number of benzene rings is 2. The number of nitro benzene ring substituents is 1. The molecule has 29 heavy (non-hydrogen) atoms. The topological polar surface area (TPSA) is 106 Å². The first-order valence-electron chi connectivity index (χ1n) is 9.19. The summed E-state index contributed by atoms with van der Waals surface area (Å²) < 4.78 is 11.2. The van der Waals surface area contributed by atoms with Gasteiger partial charge in [0.1, 0.15) is 6.61 Å². The second-order valence-electron chi connectivity index (χ2n) is 6.81. The van der Waals surface area contributed by atoms with Crippen molar-refractivity contribution in [1.29, 1.82) is 0 Å². The Kier molecular flexibility index (Phi) is 8.66. The summed E-state index contributed by atoms with van der Waals surface area (Å²) in [5.41, 5.74) is 1.95. The third-order valence-corrected chi connectivity index (χ3v) is 4.81. The van der Waals surface area contributed by atoms with Crippen LogP contribution in [0.3, 0.4) is 0 Å². The lowest BCUT2D eigenvalue weighted by atomic mass is 10.1. The largest absolute Gasteiger partial charge is 0.493 e. The van der Waals surface area contributed by atoms with Gasteiger partial charge in [-0.05, 0) is 35.4 Å². The first kappa shape index (κ1) is 22.9. The molecular formula is C20H26ClN3O5. The molecule has 0 aromatic heterocycles. The third kappa shape index (κ3) is 6.30. The highest BCUT2D eigenvalue weighted by atomic mass is 35.5. The Bertz CT molecular complexity index is 803. The van der Waals surface area contributed by atoms with Gasteiger partial charge in [-0.1, -0.05) is 6.07 Å². The molecule has 1 aliphatic rings. The molecule has 3 N–H and O–H groups in total. The van der Waals surface area contributed by atoms with E-state index in [0.717, 1.165) is 24.2 Å². The third-order valence-electron chi connectivity index (χ3n) is 4.81. The number of nitrogens with one attached hydrogen (secondary N) is 2. The molecule has 8 nitrogen and oxygen atoms in total. The maximum Gasteiger partial charge on any atom is 0.269 e. The van der Waals surface area contributed by atoms with Crippen LogP contribution in [0.2, 0.25) is 0 Å². The van der Waals surface area contributed by atoms with E-state index in [1.54, 1.807) is 19.2 Å². The Morgan fingerprint density at radius 1 is 1.17 bits per heavy atom. The van der Waals surface area contributed by atoms with Gasteiger partial charge in [-0.15, -0.1) is 12.4 Å². The van der Waals surface area contributed by atoms with E-state index in [1.165, 1.54) is 12.1 Å². The van der Waals surface area contributed by atoms with Crippen LogP contribution >= 0.6 is 12.4 Å². The fourth-order valence-corrected chi connectivity index (χ4v) is 3.15. The number of nitrogens with zero attached hydrogens (tertiary/aromatic N) is 1. The summed E-state index contributed by atoms with van der Waals surface area (Å²) in [5.74, 6) is 1.47. The highest BCUT2D eigenvalue weighted by molar-refractivity contribution is 5.85. The van der Waals surface area contributed by atoms with E-state index < -0.39 is 4.92 Å². The predicted molar refractivity (Wildman–Crippen MR) is 112 cm³/mol. The zero-order valence-corrected chi connectivity index (χ0v) is 17.0. The molecule has 1 heterocycles. The van der Waals surface area contributed by atoms with Gasteiger partial charge in [-0.2, -0.15) is 0 Å². The number of hydrogen-bond acceptors (Lipinski definition) is 7. The van der Waals surface area contributed by atoms with Gasteiger partial charge in [-0.25, -0.2) is 0 Å². The lowest BCUT2D eigenvalue weighted by Crippen LogP contribution is -2.30. The van der Waals surface area contributed by atoms with Crippen molar-refractivity contribution in [1.82, 2.24) is 10.6 Å². The molecule has 0 saturated carbocycles. The molecule has 2 aromatic rings. The van der Waals surface area contributed by atoms with Crippen molar-refractivity contribution in [2.45, 2.75) is 19.3 Å². The molecular weight excluding hydrogens is 398 g/mol. The number of methoxy groups -OCH3 is 1. The first-order chi connectivity index (χ1) is 13.6. The summed E-state index contributed by atoms with van der Waals surface area (Å²) in [7, 11) is 1.59. The summed E-state index contributed by atoms with van der Waals surface area (Å²) in [5, 5.41) is 27.1. The number of hydrogen-bond donors (Lipinski definition) is 3. The average Bonchev–Trinajstić information content (AvgIpc) is 3.12. The first-order valence-corrected chi connectivity index (χ1v) is 9.19. The van der Waals surface area contributed by atoms with Gasteiger partial charge in [0.05, 0.1) is 18.1 Å². The molecule has 158 valence electrons. The van der Waals surface area contributed by atoms with Crippen LogP contribution < -0.4 is 20.1 Å². The van der Waals surface area contributed by atoms with Crippen LogP contribution in [0.5, 0.6) is 11.5 Å². The number of rotatable bonds is 9. The molecule has 0 bridgehead atoms. The monoisotopic (exact) mass is 423 g/mol. The van der Waals surface area contributed by atoms with Crippen LogP contribution in [0.1, 0.15) is 11.1 Å². The van der Waals surface area contributed by atoms with Crippen molar-refractivity contribution in [2.75, 3.05) is 26.7 Å². The zero-order valence-electron chi connectivity index (χ0n) is 16.2. The molecule has 0 spiro atoms. The predicted octanol–water partition coefficient (Wildman–Crippen LogP) is 2.27. The van der Waals surface area contributed by atoms with Crippen LogP contribution in [-0.2, 0) is 13.2 Å². The second kappa shape index (κ2) is 11.0. The van der Waals surface area contributed by atoms with Crippen molar-refractivity contribution in [3.8, 4) is 11.5 Å². The van der Waals surface area contributed by atoms with E-state index in [1.807, 2.05) is 18.2 Å². The molecule has 2 unspecified atom stereocenters. The molecule has 0 aliphatic carbocycles. The van der Waals surface area contributed by atoms with E-state index in [0.29, 0.717) is 31.2 Å². The van der Waals surface area contributed by atoms with Gasteiger partial charge < -0.3 is 25.2 Å². The highest BCUT2D eigenvalue weighted by Crippen LogP contribution is 2.29. The van der Waals surface area contributed by atoms with Crippen LogP contribution in [0.25, 0.3) is 0 Å². The Morgan fingerprint density at radius 3 is 2.52 bits per heavy atom. The van der Waals surface area contributed by atoms with Crippen molar-refractivity contribution in [3.05, 3.63) is 63.7 Å². The smallest absolute Gasteiger partial charge is 0.269 e. The molecule has 3 rings (SSSR count). The van der Waals surface area contributed by atoms with Gasteiger partial charge in [0.25, 0.3) is 5.69 Å². The fourth-order valence-electron chi connectivity index (χ4n) is 3.15. The molecule has 1 saturated heterocycles. The summed E-state index contributed by atoms with van der Waals surface area (Å²) in [6, 6.07) is 12.0. The number of halogens is 1. The van der Waals surface area contributed by atoms with E-state index in [-0.39, 0.29) is 30.1 Å². The lowest BCUT2D eigenvalue weighted by Gasteiger charge is -2.15. The van der Waals surface area contributed by atoms with Crippen LogP contribution in [0.4, 0.5) is 5.69 Å². The maximum atomic E-state index is 10.7. The van der Waals surface area contributed by atoms with Gasteiger partial charge >= 0.3 is 0 Å². The normalized spacial score (nSPS) is 18.1. The van der Waals surface area contributed by atoms with E-state index in [4.69, 9.17) is 9.47 Å². The zero-order chi connectivity index (χ0) is 19.9. The minimum absolute atomic E-state index is 0. The van der Waals surface area contributed by atoms with Crippen molar-refractivity contribution in [3.63, 3.8) is 0 Å². The molecule has 2 atom stereocenters. The molecule has 0 radical (unpaired) electrons. The van der Waals surface area contributed by atoms with Crippen LogP contribution in [0.15, 0.2) is 42.5 Å². The Balaban J connectivity index is 0.00000300. The van der Waals surface area contributed by atoms with Gasteiger partial charge in [0.15, 0.2) is 11.5 Å². The number of aliphatic hydroxyl groups excluding tert-OH is 1. The lowest BCUT2D eigenvalue weighted by molar-refractivity contribution is -0.384. The van der Waals surface area contributed by atoms with Gasteiger partial charge in [0, 0.05) is 44.2 Å². The maximum absolute atomic E-state index is 10.7. The van der Waals surface area contributed by atoms with Crippen molar-refractivity contribution >= 4 is 18.1 Å². The number of aliphatic hydroxyl groups is 1. The minimum Gasteiger partial charge on any atom is -0.493 e. The van der Waals surface area contributed by atoms with Gasteiger partial charge in [0.2, 0.25) is 0 Å². The highest BCUT2D eigenvalue weighted by Gasteiger charge is 2.24. The van der Waals surface area contributed by atoms with Crippen LogP contribution in [-0.4, -0.2) is 42.9 Å². The van der Waals surface area contributed by atoms with Gasteiger partial charge in [-0.3, -0.25) is 10.1 Å². The molecule has 1 aliphatic heterocycles. The van der Waals surface area contributed by atoms with E-state index in [9.17, 15) is 15.2 Å². The molecule has 2 aromatic carbocycles. The molecule has 9 heteroatoms. The summed E-state index contributed by atoms with van der Waals surface area (Å²) >= 11 is 0. The number of β-amino-alcohol motifs (C(OH)–C–C–N with tert-alkyl or cyclic N) is 1. The average molecular weight is 424 g/mol. The number of nitro groups is 1. The Morgan fingerprint density at radius 2 is 1.90 bits per heavy atom. The summed E-state index contributed by atoms with van der Waals surface area (Å²) in [6.07, 6.45) is -0.294. The number of ether oxygens (including phenoxy) is 2. The van der Waals surface area contributed by atoms with E-state index in [2.05, 4.69) is 10.6 Å². The second-order valence-corrected chi connectivity index (χ2v) is 6.81. The quantitative estimate of drug-likeness (QED) is 0.419. The van der Waals surface area contributed by atoms with Crippen molar-refractivity contribution in [2.24, 2.45) is 5.92 Å². The Hall–Kier alpha value is -2.39. The fraction of sp³-hybridized carbons (Fsp3) is 0.400. The SMILES string of the molecule is COc1cc(CNCC2CNCC2O)ccc1OCc1ccc([N+](=O)[O-])cc1.Cl.